The number of ether oxygens (including phenoxy) is 2. The van der Waals surface area contributed by atoms with Gasteiger partial charge in [-0.05, 0) is 17.7 Å². The summed E-state index contributed by atoms with van der Waals surface area (Å²) in [4.78, 5) is 0. The van der Waals surface area contributed by atoms with Crippen molar-refractivity contribution in [2.24, 2.45) is 0 Å². The second kappa shape index (κ2) is 4.86. The van der Waals surface area contributed by atoms with Gasteiger partial charge in [0.15, 0.2) is 11.5 Å². The first-order chi connectivity index (χ1) is 6.72. The van der Waals surface area contributed by atoms with Crippen molar-refractivity contribution in [2.45, 2.75) is 12.8 Å². The molecule has 0 fully saturated rings. The molecule has 14 heavy (non-hydrogen) atoms. The largest absolute Gasteiger partial charge is 0.493 e. The lowest BCUT2D eigenvalue weighted by molar-refractivity contribution is 0.272. The molecule has 1 aromatic rings. The van der Waals surface area contributed by atoms with Crippen LogP contribution in [0, 0.1) is 0 Å². The molecule has 1 atom stereocenters. The van der Waals surface area contributed by atoms with Crippen LogP contribution in [0.15, 0.2) is 18.2 Å². The zero-order chi connectivity index (χ0) is 10.6. The van der Waals surface area contributed by atoms with E-state index >= 15 is 0 Å². The summed E-state index contributed by atoms with van der Waals surface area (Å²) < 4.78 is 10.3. The van der Waals surface area contributed by atoms with Crippen molar-refractivity contribution in [3.05, 3.63) is 23.8 Å². The molecule has 0 bridgehead atoms. The van der Waals surface area contributed by atoms with E-state index in [2.05, 4.69) is 0 Å². The van der Waals surface area contributed by atoms with Crippen LogP contribution < -0.4 is 9.47 Å². The smallest absolute Gasteiger partial charge is 0.160 e. The van der Waals surface area contributed by atoms with Gasteiger partial charge in [0.05, 0.1) is 14.2 Å². The molecular formula is C11H16O3. The summed E-state index contributed by atoms with van der Waals surface area (Å²) in [5.74, 6) is 1.53. The summed E-state index contributed by atoms with van der Waals surface area (Å²) in [6.07, 6.45) is 0. The Kier molecular flexibility index (Phi) is 3.77. The van der Waals surface area contributed by atoms with Crippen molar-refractivity contribution in [3.8, 4) is 11.5 Å². The summed E-state index contributed by atoms with van der Waals surface area (Å²) in [5, 5.41) is 9.01. The first kappa shape index (κ1) is 10.9. The normalized spacial score (nSPS) is 12.3. The van der Waals surface area contributed by atoms with Gasteiger partial charge in [0.1, 0.15) is 0 Å². The maximum Gasteiger partial charge on any atom is 0.160 e. The van der Waals surface area contributed by atoms with Gasteiger partial charge in [-0.15, -0.1) is 0 Å². The Balaban J connectivity index is 3.01. The Morgan fingerprint density at radius 3 is 2.36 bits per heavy atom. The van der Waals surface area contributed by atoms with E-state index in [1.54, 1.807) is 14.2 Å². The van der Waals surface area contributed by atoms with Gasteiger partial charge in [-0.25, -0.2) is 0 Å². The molecule has 1 rings (SSSR count). The third kappa shape index (κ3) is 2.17. The van der Waals surface area contributed by atoms with E-state index in [4.69, 9.17) is 14.6 Å². The Morgan fingerprint density at radius 2 is 1.86 bits per heavy atom. The summed E-state index contributed by atoms with van der Waals surface area (Å²) in [7, 11) is 3.21. The van der Waals surface area contributed by atoms with Crippen LogP contribution in [0.1, 0.15) is 18.4 Å². The van der Waals surface area contributed by atoms with E-state index in [9.17, 15) is 0 Å². The lowest BCUT2D eigenvalue weighted by Gasteiger charge is -2.12. The van der Waals surface area contributed by atoms with Crippen molar-refractivity contribution in [1.82, 2.24) is 0 Å². The number of aliphatic hydroxyl groups excluding tert-OH is 1. The second-order valence-electron chi connectivity index (χ2n) is 3.20. The SMILES string of the molecule is COc1ccc([C@@H](C)CO)cc1OC. The van der Waals surface area contributed by atoms with Gasteiger partial charge in [0, 0.05) is 12.5 Å². The fourth-order valence-electron chi connectivity index (χ4n) is 1.26. The van der Waals surface area contributed by atoms with Gasteiger partial charge < -0.3 is 14.6 Å². The van der Waals surface area contributed by atoms with Crippen molar-refractivity contribution in [3.63, 3.8) is 0 Å². The van der Waals surface area contributed by atoms with Crippen molar-refractivity contribution in [2.75, 3.05) is 20.8 Å². The number of methoxy groups -OCH3 is 2. The van der Waals surface area contributed by atoms with Crippen molar-refractivity contribution >= 4 is 0 Å². The van der Waals surface area contributed by atoms with Crippen molar-refractivity contribution in [1.29, 1.82) is 0 Å². The number of aliphatic hydroxyl groups is 1. The van der Waals surface area contributed by atoms with Gasteiger partial charge in [0.25, 0.3) is 0 Å². The van der Waals surface area contributed by atoms with Gasteiger partial charge in [-0.3, -0.25) is 0 Å². The molecule has 78 valence electrons. The molecule has 0 heterocycles. The first-order valence-corrected chi connectivity index (χ1v) is 4.55. The molecule has 3 heteroatoms. The van der Waals surface area contributed by atoms with Crippen LogP contribution in [-0.4, -0.2) is 25.9 Å². The predicted molar refractivity (Wildman–Crippen MR) is 55.0 cm³/mol. The lowest BCUT2D eigenvalue weighted by Crippen LogP contribution is -2.00. The standard InChI is InChI=1S/C11H16O3/c1-8(7-12)9-4-5-10(13-2)11(6-9)14-3/h4-6,8,12H,7H2,1-3H3/t8-/m0/s1. The number of hydrogen-bond acceptors (Lipinski definition) is 3. The molecule has 0 amide bonds. The fourth-order valence-corrected chi connectivity index (χ4v) is 1.26. The third-order valence-corrected chi connectivity index (χ3v) is 2.25. The maximum absolute atomic E-state index is 9.01. The molecule has 0 aliphatic carbocycles. The lowest BCUT2D eigenvalue weighted by atomic mass is 10.0. The van der Waals surface area contributed by atoms with E-state index in [0.29, 0.717) is 11.5 Å². The highest BCUT2D eigenvalue weighted by atomic mass is 16.5. The predicted octanol–water partition coefficient (Wildman–Crippen LogP) is 1.80. The fraction of sp³-hybridized carbons (Fsp3) is 0.455. The Hall–Kier alpha value is -1.22. The molecule has 0 saturated carbocycles. The monoisotopic (exact) mass is 196 g/mol. The summed E-state index contributed by atoms with van der Waals surface area (Å²) >= 11 is 0. The molecule has 3 nitrogen and oxygen atoms in total. The molecule has 0 spiro atoms. The Morgan fingerprint density at radius 1 is 1.21 bits per heavy atom. The zero-order valence-electron chi connectivity index (χ0n) is 8.78. The number of rotatable bonds is 4. The minimum Gasteiger partial charge on any atom is -0.493 e. The number of hydrogen-bond donors (Lipinski definition) is 1. The average Bonchev–Trinajstić information content (AvgIpc) is 2.26. The van der Waals surface area contributed by atoms with E-state index in [0.717, 1.165) is 5.56 Å². The minimum atomic E-state index is 0.120. The van der Waals surface area contributed by atoms with Crippen LogP contribution >= 0.6 is 0 Å². The summed E-state index contributed by atoms with van der Waals surface area (Å²) in [5.41, 5.74) is 1.05. The highest BCUT2D eigenvalue weighted by Crippen LogP contribution is 2.30. The average molecular weight is 196 g/mol. The van der Waals surface area contributed by atoms with E-state index in [1.807, 2.05) is 25.1 Å². The zero-order valence-corrected chi connectivity index (χ0v) is 8.78. The van der Waals surface area contributed by atoms with E-state index in [-0.39, 0.29) is 12.5 Å². The van der Waals surface area contributed by atoms with Crippen LogP contribution in [-0.2, 0) is 0 Å². The van der Waals surface area contributed by atoms with Gasteiger partial charge >= 0.3 is 0 Å². The molecule has 0 unspecified atom stereocenters. The molecule has 1 aromatic carbocycles. The van der Waals surface area contributed by atoms with Crippen LogP contribution in [0.2, 0.25) is 0 Å². The van der Waals surface area contributed by atoms with E-state index < -0.39 is 0 Å². The molecule has 0 aromatic heterocycles. The summed E-state index contributed by atoms with van der Waals surface area (Å²) in [6, 6.07) is 5.67. The number of benzene rings is 1. The van der Waals surface area contributed by atoms with Crippen LogP contribution in [0.4, 0.5) is 0 Å². The van der Waals surface area contributed by atoms with Gasteiger partial charge in [-0.1, -0.05) is 13.0 Å². The first-order valence-electron chi connectivity index (χ1n) is 4.55. The molecule has 1 N–H and O–H groups in total. The maximum atomic E-state index is 9.01. The summed E-state index contributed by atoms with van der Waals surface area (Å²) in [6.45, 7) is 2.09. The molecular weight excluding hydrogens is 180 g/mol. The van der Waals surface area contributed by atoms with Gasteiger partial charge in [-0.2, -0.15) is 0 Å². The topological polar surface area (TPSA) is 38.7 Å². The van der Waals surface area contributed by atoms with E-state index in [1.165, 1.54) is 0 Å². The third-order valence-electron chi connectivity index (χ3n) is 2.25. The molecule has 0 radical (unpaired) electrons. The van der Waals surface area contributed by atoms with Crippen LogP contribution in [0.3, 0.4) is 0 Å². The second-order valence-corrected chi connectivity index (χ2v) is 3.20. The van der Waals surface area contributed by atoms with Gasteiger partial charge in [0.2, 0.25) is 0 Å². The van der Waals surface area contributed by atoms with Crippen LogP contribution in [0.25, 0.3) is 0 Å². The minimum absolute atomic E-state index is 0.120. The highest BCUT2D eigenvalue weighted by Gasteiger charge is 2.08. The molecule has 0 aliphatic heterocycles. The quantitative estimate of drug-likeness (QED) is 0.798. The van der Waals surface area contributed by atoms with Crippen molar-refractivity contribution < 1.29 is 14.6 Å². The van der Waals surface area contributed by atoms with Crippen LogP contribution in [0.5, 0.6) is 11.5 Å². The Labute approximate surface area is 84.3 Å². The highest BCUT2D eigenvalue weighted by molar-refractivity contribution is 5.43. The molecule has 0 aliphatic rings. The molecule has 0 saturated heterocycles. The Bertz CT molecular complexity index is 297.